The van der Waals surface area contributed by atoms with E-state index in [9.17, 15) is 23.1 Å². The minimum atomic E-state index is -1.05. The van der Waals surface area contributed by atoms with Crippen molar-refractivity contribution in [1.29, 1.82) is 0 Å². The van der Waals surface area contributed by atoms with Crippen molar-refractivity contribution in [2.24, 2.45) is 0 Å². The molecule has 3 heterocycles. The highest BCUT2D eigenvalue weighted by Gasteiger charge is 2.21. The molecule has 0 saturated carbocycles. The molecule has 1 amide bonds. The Balaban J connectivity index is 1.61. The molecule has 0 aliphatic rings. The van der Waals surface area contributed by atoms with E-state index in [1.807, 2.05) is 0 Å². The molecule has 0 unspecified atom stereocenters. The Morgan fingerprint density at radius 3 is 2.53 bits per heavy atom. The van der Waals surface area contributed by atoms with Crippen LogP contribution in [0, 0.1) is 24.4 Å². The first-order valence-corrected chi connectivity index (χ1v) is 11.0. The van der Waals surface area contributed by atoms with Gasteiger partial charge in [0.15, 0.2) is 11.6 Å². The number of anilines is 1. The third-order valence-corrected chi connectivity index (χ3v) is 5.82. The summed E-state index contributed by atoms with van der Waals surface area (Å²) in [5, 5.41) is 12.7. The normalized spacial score (nSPS) is 11.1. The van der Waals surface area contributed by atoms with Gasteiger partial charge < -0.3 is 10.4 Å². The summed E-state index contributed by atoms with van der Waals surface area (Å²) >= 11 is 0. The number of hydrogen-bond donors (Lipinski definition) is 2. The first-order valence-electron chi connectivity index (χ1n) is 11.0. The lowest BCUT2D eigenvalue weighted by atomic mass is 10.0. The summed E-state index contributed by atoms with van der Waals surface area (Å²) in [5.74, 6) is -2.90. The van der Waals surface area contributed by atoms with Crippen molar-refractivity contribution in [3.8, 4) is 22.4 Å². The minimum absolute atomic E-state index is 0.0369. The number of pyridine rings is 2. The average Bonchev–Trinajstić information content (AvgIpc) is 3.26. The number of aromatic nitrogens is 3. The molecule has 180 valence electrons. The average molecular weight is 488 g/mol. The van der Waals surface area contributed by atoms with Gasteiger partial charge in [0.25, 0.3) is 5.91 Å². The number of fused-ring (bicyclic) bond motifs is 1. The molecule has 0 aliphatic carbocycles. The van der Waals surface area contributed by atoms with E-state index in [0.717, 1.165) is 6.07 Å². The van der Waals surface area contributed by atoms with Crippen LogP contribution in [0.1, 0.15) is 21.7 Å². The summed E-state index contributed by atoms with van der Waals surface area (Å²) in [6, 6.07) is 14.3. The minimum Gasteiger partial charge on any atom is -0.390 e. The van der Waals surface area contributed by atoms with Crippen molar-refractivity contribution < 1.29 is 23.1 Å². The predicted octanol–water partition coefficient (Wildman–Crippen LogP) is 5.53. The summed E-state index contributed by atoms with van der Waals surface area (Å²) in [5.41, 5.74) is 3.05. The SMILES string of the molecule is Cc1ncc(-c2cccn3c(-c4cccc(F)c4F)c(CO)nc23)cc1C(=O)Nc1ccc(F)cc1. The van der Waals surface area contributed by atoms with Crippen molar-refractivity contribution in [2.75, 3.05) is 5.32 Å². The number of halogens is 3. The first kappa shape index (κ1) is 23.3. The smallest absolute Gasteiger partial charge is 0.257 e. The Bertz CT molecular complexity index is 1610. The van der Waals surface area contributed by atoms with Gasteiger partial charge in [-0.2, -0.15) is 0 Å². The van der Waals surface area contributed by atoms with Gasteiger partial charge in [-0.3, -0.25) is 14.2 Å². The number of amides is 1. The monoisotopic (exact) mass is 488 g/mol. The zero-order valence-corrected chi connectivity index (χ0v) is 19.0. The number of hydrogen-bond acceptors (Lipinski definition) is 4. The van der Waals surface area contributed by atoms with E-state index in [2.05, 4.69) is 15.3 Å². The van der Waals surface area contributed by atoms with Crippen molar-refractivity contribution in [3.05, 3.63) is 107 Å². The van der Waals surface area contributed by atoms with Crippen LogP contribution >= 0.6 is 0 Å². The lowest BCUT2D eigenvalue weighted by molar-refractivity contribution is 0.102. The molecular weight excluding hydrogens is 469 g/mol. The molecule has 5 aromatic rings. The number of aliphatic hydroxyl groups excluding tert-OH is 1. The van der Waals surface area contributed by atoms with E-state index < -0.39 is 30.0 Å². The highest BCUT2D eigenvalue weighted by Crippen LogP contribution is 2.33. The van der Waals surface area contributed by atoms with Crippen LogP contribution in [0.25, 0.3) is 28.0 Å². The van der Waals surface area contributed by atoms with Crippen LogP contribution in [0.15, 0.2) is 73.1 Å². The van der Waals surface area contributed by atoms with E-state index in [0.29, 0.717) is 33.7 Å². The Morgan fingerprint density at radius 1 is 1.03 bits per heavy atom. The maximum Gasteiger partial charge on any atom is 0.257 e. The van der Waals surface area contributed by atoms with Crippen LogP contribution in [-0.2, 0) is 6.61 Å². The molecule has 0 spiro atoms. The van der Waals surface area contributed by atoms with Gasteiger partial charge in [0.05, 0.1) is 29.3 Å². The van der Waals surface area contributed by atoms with Gasteiger partial charge >= 0.3 is 0 Å². The zero-order valence-electron chi connectivity index (χ0n) is 19.0. The van der Waals surface area contributed by atoms with Crippen LogP contribution in [0.4, 0.5) is 18.9 Å². The number of nitrogens with zero attached hydrogens (tertiary/aromatic N) is 3. The molecule has 0 atom stereocenters. The second-order valence-corrected chi connectivity index (χ2v) is 8.10. The van der Waals surface area contributed by atoms with Gasteiger partial charge in [-0.1, -0.05) is 6.07 Å². The van der Waals surface area contributed by atoms with Crippen molar-refractivity contribution in [2.45, 2.75) is 13.5 Å². The van der Waals surface area contributed by atoms with E-state index in [1.54, 1.807) is 41.9 Å². The number of aryl methyl sites for hydroxylation is 1. The van der Waals surface area contributed by atoms with Crippen LogP contribution in [0.5, 0.6) is 0 Å². The number of aliphatic hydroxyl groups is 1. The molecule has 0 radical (unpaired) electrons. The van der Waals surface area contributed by atoms with Crippen molar-refractivity contribution in [1.82, 2.24) is 14.4 Å². The summed E-state index contributed by atoms with van der Waals surface area (Å²) in [7, 11) is 0. The molecule has 36 heavy (non-hydrogen) atoms. The number of imidazole rings is 1. The Hall–Kier alpha value is -4.50. The molecule has 2 N–H and O–H groups in total. The summed E-state index contributed by atoms with van der Waals surface area (Å²) in [6.45, 7) is 1.19. The number of benzene rings is 2. The Labute approximate surface area is 203 Å². The fourth-order valence-corrected chi connectivity index (χ4v) is 4.06. The topological polar surface area (TPSA) is 79.5 Å². The molecule has 0 bridgehead atoms. The molecule has 0 fully saturated rings. The molecule has 6 nitrogen and oxygen atoms in total. The summed E-state index contributed by atoms with van der Waals surface area (Å²) in [4.78, 5) is 21.8. The molecule has 9 heteroatoms. The van der Waals surface area contributed by atoms with E-state index in [1.165, 1.54) is 36.4 Å². The van der Waals surface area contributed by atoms with Gasteiger partial charge in [0, 0.05) is 34.8 Å². The third-order valence-electron chi connectivity index (χ3n) is 5.82. The Kier molecular flexibility index (Phi) is 5.99. The quantitative estimate of drug-likeness (QED) is 0.341. The summed E-state index contributed by atoms with van der Waals surface area (Å²) in [6.07, 6.45) is 3.21. The molecule has 2 aromatic carbocycles. The van der Waals surface area contributed by atoms with E-state index >= 15 is 0 Å². The molecule has 0 saturated heterocycles. The standard InChI is InChI=1S/C27H19F3N4O2/c1-15-21(27(36)32-18-9-7-17(28)8-10-18)12-16(13-31-15)19-5-3-11-34-25(23(14-35)33-26(19)34)20-4-2-6-22(29)24(20)30/h2-13,35H,14H2,1H3,(H,32,36). The Morgan fingerprint density at radius 2 is 1.78 bits per heavy atom. The maximum atomic E-state index is 14.6. The maximum absolute atomic E-state index is 14.6. The molecule has 3 aromatic heterocycles. The highest BCUT2D eigenvalue weighted by atomic mass is 19.2. The van der Waals surface area contributed by atoms with Gasteiger partial charge in [-0.25, -0.2) is 18.2 Å². The van der Waals surface area contributed by atoms with Crippen molar-refractivity contribution in [3.63, 3.8) is 0 Å². The fraction of sp³-hybridized carbons (Fsp3) is 0.0741. The van der Waals surface area contributed by atoms with Crippen LogP contribution in [0.3, 0.4) is 0 Å². The zero-order chi connectivity index (χ0) is 25.4. The van der Waals surface area contributed by atoms with Crippen molar-refractivity contribution >= 4 is 17.2 Å². The van der Waals surface area contributed by atoms with Crippen LogP contribution < -0.4 is 5.32 Å². The lowest BCUT2D eigenvalue weighted by Gasteiger charge is -2.11. The van der Waals surface area contributed by atoms with E-state index in [-0.39, 0.29) is 17.0 Å². The van der Waals surface area contributed by atoms with Gasteiger partial charge in [-0.15, -0.1) is 0 Å². The largest absolute Gasteiger partial charge is 0.390 e. The van der Waals surface area contributed by atoms with Gasteiger partial charge in [-0.05, 0) is 61.5 Å². The number of carbonyl (C=O) groups excluding carboxylic acids is 1. The lowest BCUT2D eigenvalue weighted by Crippen LogP contribution is -2.14. The number of nitrogens with one attached hydrogen (secondary N) is 1. The second-order valence-electron chi connectivity index (χ2n) is 8.10. The predicted molar refractivity (Wildman–Crippen MR) is 129 cm³/mol. The number of carbonyl (C=O) groups is 1. The highest BCUT2D eigenvalue weighted by molar-refractivity contribution is 6.05. The molecular formula is C27H19F3N4O2. The van der Waals surface area contributed by atoms with Crippen LogP contribution in [-0.4, -0.2) is 25.4 Å². The first-order chi connectivity index (χ1) is 17.4. The fourth-order valence-electron chi connectivity index (χ4n) is 4.06. The molecule has 0 aliphatic heterocycles. The summed E-state index contributed by atoms with van der Waals surface area (Å²) < 4.78 is 43.4. The number of rotatable bonds is 5. The van der Waals surface area contributed by atoms with Gasteiger partial charge in [0.2, 0.25) is 0 Å². The third kappa shape index (κ3) is 4.09. The molecule has 5 rings (SSSR count). The van der Waals surface area contributed by atoms with Crippen LogP contribution in [0.2, 0.25) is 0 Å². The second kappa shape index (κ2) is 9.27. The van der Waals surface area contributed by atoms with E-state index in [4.69, 9.17) is 0 Å². The van der Waals surface area contributed by atoms with Gasteiger partial charge in [0.1, 0.15) is 11.5 Å².